The molecule has 1 aromatic carbocycles. The van der Waals surface area contributed by atoms with Crippen LogP contribution in [0.15, 0.2) is 28.8 Å². The van der Waals surface area contributed by atoms with Crippen molar-refractivity contribution in [2.24, 2.45) is 5.92 Å². The van der Waals surface area contributed by atoms with Gasteiger partial charge in [0.15, 0.2) is 0 Å². The Labute approximate surface area is 111 Å². The lowest BCUT2D eigenvalue weighted by atomic mass is 9.95. The zero-order valence-corrected chi connectivity index (χ0v) is 10.6. The zero-order chi connectivity index (χ0) is 13.1. The minimum Gasteiger partial charge on any atom is -0.339 e. The number of hydrogen-bond donors (Lipinski definition) is 1. The average molecular weight is 261 g/mol. The van der Waals surface area contributed by atoms with Crippen molar-refractivity contribution < 1.29 is 8.91 Å². The topological polar surface area (TPSA) is 51.0 Å². The van der Waals surface area contributed by atoms with Crippen molar-refractivity contribution in [2.75, 3.05) is 13.1 Å². The monoisotopic (exact) mass is 261 g/mol. The summed E-state index contributed by atoms with van der Waals surface area (Å²) >= 11 is 0. The third kappa shape index (κ3) is 2.98. The molecular weight excluding hydrogens is 245 g/mol. The van der Waals surface area contributed by atoms with E-state index < -0.39 is 0 Å². The highest BCUT2D eigenvalue weighted by Crippen LogP contribution is 2.20. The Morgan fingerprint density at radius 3 is 2.68 bits per heavy atom. The summed E-state index contributed by atoms with van der Waals surface area (Å²) in [7, 11) is 0. The third-order valence-corrected chi connectivity index (χ3v) is 3.49. The molecule has 0 aliphatic carbocycles. The van der Waals surface area contributed by atoms with Crippen molar-refractivity contribution >= 4 is 0 Å². The molecule has 1 aromatic heterocycles. The zero-order valence-electron chi connectivity index (χ0n) is 10.6. The molecule has 0 bridgehead atoms. The quantitative estimate of drug-likeness (QED) is 0.922. The van der Waals surface area contributed by atoms with Crippen LogP contribution in [0, 0.1) is 11.7 Å². The first-order chi connectivity index (χ1) is 9.31. The van der Waals surface area contributed by atoms with Crippen molar-refractivity contribution in [2.45, 2.75) is 19.3 Å². The number of aromatic nitrogens is 2. The Morgan fingerprint density at radius 2 is 1.95 bits per heavy atom. The van der Waals surface area contributed by atoms with Gasteiger partial charge in [0.1, 0.15) is 5.82 Å². The van der Waals surface area contributed by atoms with E-state index in [-0.39, 0.29) is 5.82 Å². The van der Waals surface area contributed by atoms with E-state index in [9.17, 15) is 4.39 Å². The highest BCUT2D eigenvalue weighted by molar-refractivity contribution is 5.53. The number of rotatable bonds is 3. The highest BCUT2D eigenvalue weighted by atomic mass is 19.1. The summed E-state index contributed by atoms with van der Waals surface area (Å²) in [6, 6.07) is 6.12. The Hall–Kier alpha value is -1.75. The molecule has 2 aromatic rings. The lowest BCUT2D eigenvalue weighted by molar-refractivity contribution is 0.313. The van der Waals surface area contributed by atoms with Crippen molar-refractivity contribution in [3.8, 4) is 11.4 Å². The van der Waals surface area contributed by atoms with Gasteiger partial charge in [-0.2, -0.15) is 4.98 Å². The van der Waals surface area contributed by atoms with Crippen LogP contribution in [-0.4, -0.2) is 23.2 Å². The first kappa shape index (κ1) is 12.3. The molecule has 0 unspecified atom stereocenters. The van der Waals surface area contributed by atoms with Crippen molar-refractivity contribution in [1.82, 2.24) is 15.5 Å². The first-order valence-electron chi connectivity index (χ1n) is 6.60. The van der Waals surface area contributed by atoms with Crippen LogP contribution >= 0.6 is 0 Å². The molecule has 1 N–H and O–H groups in total. The van der Waals surface area contributed by atoms with Gasteiger partial charge >= 0.3 is 0 Å². The molecule has 1 fully saturated rings. The van der Waals surface area contributed by atoms with E-state index in [0.717, 1.165) is 37.9 Å². The smallest absolute Gasteiger partial charge is 0.227 e. The second-order valence-corrected chi connectivity index (χ2v) is 4.92. The van der Waals surface area contributed by atoms with Crippen LogP contribution in [-0.2, 0) is 6.42 Å². The summed E-state index contributed by atoms with van der Waals surface area (Å²) < 4.78 is 18.1. The maximum absolute atomic E-state index is 12.8. The second-order valence-electron chi connectivity index (χ2n) is 4.92. The van der Waals surface area contributed by atoms with E-state index in [1.165, 1.54) is 12.1 Å². The van der Waals surface area contributed by atoms with Crippen LogP contribution < -0.4 is 5.32 Å². The van der Waals surface area contributed by atoms with Gasteiger partial charge in [-0.05, 0) is 56.1 Å². The fraction of sp³-hybridized carbons (Fsp3) is 0.429. The van der Waals surface area contributed by atoms with Gasteiger partial charge in [-0.25, -0.2) is 4.39 Å². The number of nitrogens with one attached hydrogen (secondary N) is 1. The van der Waals surface area contributed by atoms with E-state index >= 15 is 0 Å². The summed E-state index contributed by atoms with van der Waals surface area (Å²) in [5.41, 5.74) is 0.779. The summed E-state index contributed by atoms with van der Waals surface area (Å²) in [6.45, 7) is 2.12. The number of hydrogen-bond acceptors (Lipinski definition) is 4. The van der Waals surface area contributed by atoms with E-state index in [1.54, 1.807) is 12.1 Å². The van der Waals surface area contributed by atoms with Gasteiger partial charge in [-0.15, -0.1) is 0 Å². The number of benzene rings is 1. The van der Waals surface area contributed by atoms with Gasteiger partial charge in [-0.3, -0.25) is 0 Å². The molecule has 0 atom stereocenters. The van der Waals surface area contributed by atoms with Gasteiger partial charge in [0.2, 0.25) is 11.7 Å². The second kappa shape index (κ2) is 5.48. The highest BCUT2D eigenvalue weighted by Gasteiger charge is 2.17. The Kier molecular flexibility index (Phi) is 3.55. The maximum atomic E-state index is 12.8. The summed E-state index contributed by atoms with van der Waals surface area (Å²) in [5, 5.41) is 7.29. The molecule has 4 nitrogen and oxygen atoms in total. The van der Waals surface area contributed by atoms with Crippen LogP contribution in [0.25, 0.3) is 11.4 Å². The molecule has 0 amide bonds. The van der Waals surface area contributed by atoms with E-state index in [2.05, 4.69) is 15.5 Å². The fourth-order valence-electron chi connectivity index (χ4n) is 2.39. The third-order valence-electron chi connectivity index (χ3n) is 3.49. The summed E-state index contributed by atoms with van der Waals surface area (Å²) in [5.74, 6) is 1.56. The molecular formula is C14H16FN3O. The Balaban J connectivity index is 1.70. The lowest BCUT2D eigenvalue weighted by Gasteiger charge is -2.20. The molecule has 3 rings (SSSR count). The molecule has 0 radical (unpaired) electrons. The normalized spacial score (nSPS) is 16.7. The van der Waals surface area contributed by atoms with Gasteiger partial charge < -0.3 is 9.84 Å². The SMILES string of the molecule is Fc1ccc(-c2noc(CC3CCNCC3)n2)cc1. The average Bonchev–Trinajstić information content (AvgIpc) is 2.89. The molecule has 2 heterocycles. The van der Waals surface area contributed by atoms with Crippen LogP contribution in [0.2, 0.25) is 0 Å². The minimum atomic E-state index is -0.262. The molecule has 1 saturated heterocycles. The lowest BCUT2D eigenvalue weighted by Crippen LogP contribution is -2.28. The molecule has 5 heteroatoms. The Bertz CT molecular complexity index is 532. The van der Waals surface area contributed by atoms with E-state index in [0.29, 0.717) is 17.6 Å². The first-order valence-corrected chi connectivity index (χ1v) is 6.60. The van der Waals surface area contributed by atoms with Crippen LogP contribution in [0.3, 0.4) is 0 Å². The van der Waals surface area contributed by atoms with Gasteiger partial charge in [0.25, 0.3) is 0 Å². The molecule has 1 aliphatic rings. The van der Waals surface area contributed by atoms with Crippen LogP contribution in [0.4, 0.5) is 4.39 Å². The molecule has 100 valence electrons. The number of nitrogens with zero attached hydrogens (tertiary/aromatic N) is 2. The number of piperidine rings is 1. The largest absolute Gasteiger partial charge is 0.339 e. The molecule has 0 spiro atoms. The van der Waals surface area contributed by atoms with Crippen molar-refractivity contribution in [1.29, 1.82) is 0 Å². The molecule has 1 aliphatic heterocycles. The number of halogens is 1. The van der Waals surface area contributed by atoms with E-state index in [4.69, 9.17) is 4.52 Å². The maximum Gasteiger partial charge on any atom is 0.227 e. The predicted molar refractivity (Wildman–Crippen MR) is 69.0 cm³/mol. The molecule has 19 heavy (non-hydrogen) atoms. The summed E-state index contributed by atoms with van der Waals surface area (Å²) in [6.07, 6.45) is 3.12. The Morgan fingerprint density at radius 1 is 1.21 bits per heavy atom. The van der Waals surface area contributed by atoms with Crippen LogP contribution in [0.1, 0.15) is 18.7 Å². The van der Waals surface area contributed by atoms with E-state index in [1.807, 2.05) is 0 Å². The standard InChI is InChI=1S/C14H16FN3O/c15-12-3-1-11(2-4-12)14-17-13(19-18-14)9-10-5-7-16-8-6-10/h1-4,10,16H,5-9H2. The van der Waals surface area contributed by atoms with Crippen molar-refractivity contribution in [3.05, 3.63) is 36.0 Å². The van der Waals surface area contributed by atoms with Crippen LogP contribution in [0.5, 0.6) is 0 Å². The summed E-state index contributed by atoms with van der Waals surface area (Å²) in [4.78, 5) is 4.38. The predicted octanol–water partition coefficient (Wildman–Crippen LogP) is 2.42. The minimum absolute atomic E-state index is 0.262. The van der Waals surface area contributed by atoms with Gasteiger partial charge in [0.05, 0.1) is 0 Å². The van der Waals surface area contributed by atoms with Gasteiger partial charge in [0, 0.05) is 12.0 Å². The van der Waals surface area contributed by atoms with Crippen molar-refractivity contribution in [3.63, 3.8) is 0 Å². The van der Waals surface area contributed by atoms with Gasteiger partial charge in [-0.1, -0.05) is 5.16 Å². The molecule has 0 saturated carbocycles. The fourth-order valence-corrected chi connectivity index (χ4v) is 2.39.